The maximum Gasteiger partial charge on any atom is 0.225 e. The average molecular weight is 290 g/mol. The van der Waals surface area contributed by atoms with Crippen molar-refractivity contribution < 1.29 is 9.90 Å². The van der Waals surface area contributed by atoms with Gasteiger partial charge in [-0.15, -0.1) is 0 Å². The molecular weight excluding hydrogens is 264 g/mol. The number of nitrogens with one attached hydrogen (secondary N) is 1. The van der Waals surface area contributed by atoms with E-state index in [2.05, 4.69) is 18.3 Å². The molecule has 2 atom stereocenters. The highest BCUT2D eigenvalue weighted by atomic mass is 16.3. The first kappa shape index (κ1) is 16.0. The number of carbonyl (C=O) groups excluding carboxylic acids is 1. The molecule has 1 heterocycles. The van der Waals surface area contributed by atoms with E-state index in [4.69, 9.17) is 0 Å². The van der Waals surface area contributed by atoms with Crippen molar-refractivity contribution in [1.82, 2.24) is 10.2 Å². The van der Waals surface area contributed by atoms with Crippen LogP contribution in [0.1, 0.15) is 44.4 Å². The van der Waals surface area contributed by atoms with E-state index in [0.717, 1.165) is 25.1 Å². The zero-order valence-electron chi connectivity index (χ0n) is 13.2. The van der Waals surface area contributed by atoms with Crippen molar-refractivity contribution in [3.8, 4) is 0 Å². The van der Waals surface area contributed by atoms with Crippen LogP contribution in [0, 0.1) is 5.92 Å². The second kappa shape index (κ2) is 7.05. The maximum atomic E-state index is 12.0. The molecule has 4 heteroatoms. The smallest absolute Gasteiger partial charge is 0.225 e. The molecule has 1 amide bonds. The van der Waals surface area contributed by atoms with Gasteiger partial charge in [0.25, 0.3) is 0 Å². The summed E-state index contributed by atoms with van der Waals surface area (Å²) >= 11 is 0. The van der Waals surface area contributed by atoms with Crippen LogP contribution in [0.2, 0.25) is 0 Å². The second-order valence-corrected chi connectivity index (χ2v) is 6.22. The lowest BCUT2D eigenvalue weighted by Gasteiger charge is -2.22. The summed E-state index contributed by atoms with van der Waals surface area (Å²) in [6, 6.07) is 8.57. The van der Waals surface area contributed by atoms with Crippen molar-refractivity contribution in [2.24, 2.45) is 5.92 Å². The van der Waals surface area contributed by atoms with Crippen molar-refractivity contribution >= 4 is 5.91 Å². The highest BCUT2D eigenvalue weighted by molar-refractivity contribution is 5.78. The van der Waals surface area contributed by atoms with Gasteiger partial charge in [0.05, 0.1) is 6.61 Å². The molecule has 116 valence electrons. The fourth-order valence-corrected chi connectivity index (χ4v) is 2.87. The molecule has 0 spiro atoms. The van der Waals surface area contributed by atoms with E-state index in [1.807, 2.05) is 36.9 Å². The number of hydrogen-bond donors (Lipinski definition) is 2. The van der Waals surface area contributed by atoms with Crippen LogP contribution < -0.4 is 5.32 Å². The molecule has 1 saturated heterocycles. The highest BCUT2D eigenvalue weighted by Crippen LogP contribution is 2.19. The van der Waals surface area contributed by atoms with E-state index >= 15 is 0 Å². The summed E-state index contributed by atoms with van der Waals surface area (Å²) in [5.41, 5.74) is 2.11. The van der Waals surface area contributed by atoms with Crippen LogP contribution in [0.4, 0.5) is 0 Å². The number of carbonyl (C=O) groups is 1. The van der Waals surface area contributed by atoms with Crippen molar-refractivity contribution in [3.63, 3.8) is 0 Å². The molecule has 2 rings (SSSR count). The Morgan fingerprint density at radius 1 is 1.43 bits per heavy atom. The molecule has 4 nitrogen and oxygen atoms in total. The van der Waals surface area contributed by atoms with Gasteiger partial charge in [0, 0.05) is 31.1 Å². The number of aliphatic hydroxyl groups is 1. The minimum atomic E-state index is 0.0701. The van der Waals surface area contributed by atoms with Crippen LogP contribution in [0.25, 0.3) is 0 Å². The topological polar surface area (TPSA) is 52.6 Å². The third kappa shape index (κ3) is 4.05. The summed E-state index contributed by atoms with van der Waals surface area (Å²) in [5, 5.41) is 12.8. The first-order chi connectivity index (χ1) is 10.0. The normalized spacial score (nSPS) is 20.0. The number of nitrogens with zero attached hydrogens (tertiary/aromatic N) is 1. The quantitative estimate of drug-likeness (QED) is 0.873. The summed E-state index contributed by atoms with van der Waals surface area (Å²) in [6.07, 6.45) is 1.00. The fraction of sp³-hybridized carbons (Fsp3) is 0.588. The minimum Gasteiger partial charge on any atom is -0.392 e. The first-order valence-corrected chi connectivity index (χ1v) is 7.75. The standard InChI is InChI=1S/C17H26N2O2/c1-12(2)17(21)19-8-7-16(10-19)18-13(3)15-6-4-5-14(9-15)11-20/h4-6,9,12-13,16,18,20H,7-8,10-11H2,1-3H3. The number of hydrogen-bond acceptors (Lipinski definition) is 3. The van der Waals surface area contributed by atoms with Gasteiger partial charge >= 0.3 is 0 Å². The predicted octanol–water partition coefficient (Wildman–Crippen LogP) is 2.09. The minimum absolute atomic E-state index is 0.0701. The van der Waals surface area contributed by atoms with Gasteiger partial charge in [-0.05, 0) is 24.5 Å². The van der Waals surface area contributed by atoms with Gasteiger partial charge in [-0.2, -0.15) is 0 Å². The van der Waals surface area contributed by atoms with Gasteiger partial charge in [0.2, 0.25) is 5.91 Å². The third-order valence-corrected chi connectivity index (χ3v) is 4.11. The highest BCUT2D eigenvalue weighted by Gasteiger charge is 2.28. The number of aliphatic hydroxyl groups excluding tert-OH is 1. The average Bonchev–Trinajstić information content (AvgIpc) is 2.94. The second-order valence-electron chi connectivity index (χ2n) is 6.22. The van der Waals surface area contributed by atoms with Crippen LogP contribution in [-0.2, 0) is 11.4 Å². The number of benzene rings is 1. The lowest BCUT2D eigenvalue weighted by molar-refractivity contribution is -0.133. The fourth-order valence-electron chi connectivity index (χ4n) is 2.87. The van der Waals surface area contributed by atoms with Crippen molar-refractivity contribution in [3.05, 3.63) is 35.4 Å². The number of rotatable bonds is 5. The lowest BCUT2D eigenvalue weighted by Crippen LogP contribution is -2.37. The van der Waals surface area contributed by atoms with Gasteiger partial charge in [-0.3, -0.25) is 4.79 Å². The van der Waals surface area contributed by atoms with Crippen LogP contribution in [0.5, 0.6) is 0 Å². The molecule has 1 aromatic carbocycles. The van der Waals surface area contributed by atoms with Crippen molar-refractivity contribution in [2.45, 2.75) is 45.9 Å². The van der Waals surface area contributed by atoms with Crippen LogP contribution in [0.15, 0.2) is 24.3 Å². The largest absolute Gasteiger partial charge is 0.392 e. The van der Waals surface area contributed by atoms with E-state index in [0.29, 0.717) is 6.04 Å². The molecule has 2 unspecified atom stereocenters. The third-order valence-electron chi connectivity index (χ3n) is 4.11. The van der Waals surface area contributed by atoms with Gasteiger partial charge < -0.3 is 15.3 Å². The Labute approximate surface area is 127 Å². The van der Waals surface area contributed by atoms with Gasteiger partial charge in [0.15, 0.2) is 0 Å². The molecule has 21 heavy (non-hydrogen) atoms. The molecule has 0 aromatic heterocycles. The Kier molecular flexibility index (Phi) is 5.37. The number of likely N-dealkylation sites (tertiary alicyclic amines) is 1. The Morgan fingerprint density at radius 3 is 2.86 bits per heavy atom. The predicted molar refractivity (Wildman–Crippen MR) is 83.7 cm³/mol. The van der Waals surface area contributed by atoms with Crippen molar-refractivity contribution in [2.75, 3.05) is 13.1 Å². The number of amides is 1. The van der Waals surface area contributed by atoms with Crippen LogP contribution >= 0.6 is 0 Å². The van der Waals surface area contributed by atoms with E-state index in [1.54, 1.807) is 0 Å². The molecule has 2 N–H and O–H groups in total. The molecular formula is C17H26N2O2. The molecule has 0 radical (unpaired) electrons. The molecule has 0 bridgehead atoms. The summed E-state index contributed by atoms with van der Waals surface area (Å²) in [6.45, 7) is 7.74. The van der Waals surface area contributed by atoms with E-state index < -0.39 is 0 Å². The zero-order chi connectivity index (χ0) is 15.4. The van der Waals surface area contributed by atoms with Gasteiger partial charge in [-0.25, -0.2) is 0 Å². The Morgan fingerprint density at radius 2 is 2.19 bits per heavy atom. The SMILES string of the molecule is CC(C)C(=O)N1CCC(NC(C)c2cccc(CO)c2)C1. The first-order valence-electron chi connectivity index (χ1n) is 7.75. The van der Waals surface area contributed by atoms with E-state index in [1.165, 1.54) is 5.56 Å². The van der Waals surface area contributed by atoms with Crippen LogP contribution in [0.3, 0.4) is 0 Å². The van der Waals surface area contributed by atoms with Crippen LogP contribution in [-0.4, -0.2) is 35.0 Å². The summed E-state index contributed by atoms with van der Waals surface area (Å²) in [4.78, 5) is 14.0. The molecule has 1 aliphatic heterocycles. The molecule has 1 fully saturated rings. The molecule has 0 saturated carbocycles. The lowest BCUT2D eigenvalue weighted by atomic mass is 10.0. The summed E-state index contributed by atoms with van der Waals surface area (Å²) < 4.78 is 0. The Hall–Kier alpha value is -1.39. The van der Waals surface area contributed by atoms with Gasteiger partial charge in [-0.1, -0.05) is 38.1 Å². The van der Waals surface area contributed by atoms with E-state index in [9.17, 15) is 9.90 Å². The van der Waals surface area contributed by atoms with Gasteiger partial charge in [0.1, 0.15) is 0 Å². The van der Waals surface area contributed by atoms with Crippen molar-refractivity contribution in [1.29, 1.82) is 0 Å². The maximum absolute atomic E-state index is 12.0. The van der Waals surface area contributed by atoms with E-state index in [-0.39, 0.29) is 24.5 Å². The molecule has 0 aliphatic carbocycles. The molecule has 1 aliphatic rings. The summed E-state index contributed by atoms with van der Waals surface area (Å²) in [5.74, 6) is 0.316. The molecule has 1 aromatic rings. The Bertz CT molecular complexity index is 487. The zero-order valence-corrected chi connectivity index (χ0v) is 13.2. The monoisotopic (exact) mass is 290 g/mol. The summed E-state index contributed by atoms with van der Waals surface area (Å²) in [7, 11) is 0. The Balaban J connectivity index is 1.92.